The molecule has 0 aliphatic carbocycles. The van der Waals surface area contributed by atoms with Gasteiger partial charge in [0.2, 0.25) is 0 Å². The van der Waals surface area contributed by atoms with Gasteiger partial charge >= 0.3 is 6.03 Å². The highest BCUT2D eigenvalue weighted by atomic mass is 35.5. The van der Waals surface area contributed by atoms with Crippen LogP contribution in [0.4, 0.5) is 9.18 Å². The van der Waals surface area contributed by atoms with Gasteiger partial charge in [0.05, 0.1) is 12.3 Å². The number of hydrogen-bond donors (Lipinski definition) is 1. The van der Waals surface area contributed by atoms with Crippen LogP contribution in [0.15, 0.2) is 53.7 Å². The Labute approximate surface area is 169 Å². The topological polar surface area (TPSA) is 53.9 Å². The largest absolute Gasteiger partial charge is 0.390 e. The number of urea groups is 1. The highest BCUT2D eigenvalue weighted by Crippen LogP contribution is 2.20. The molecule has 1 N–H and O–H groups in total. The van der Waals surface area contributed by atoms with Gasteiger partial charge in [0.25, 0.3) is 0 Å². The van der Waals surface area contributed by atoms with E-state index >= 15 is 0 Å². The molecule has 2 aromatic rings. The zero-order valence-corrected chi connectivity index (χ0v) is 16.6. The van der Waals surface area contributed by atoms with Crippen molar-refractivity contribution in [1.29, 1.82) is 0 Å². The Hall–Kier alpha value is -2.60. The van der Waals surface area contributed by atoms with Gasteiger partial charge in [-0.2, -0.15) is 0 Å². The summed E-state index contributed by atoms with van der Waals surface area (Å²) in [7, 11) is 0. The summed E-state index contributed by atoms with van der Waals surface area (Å²) in [5, 5.41) is 7.74. The molecule has 1 unspecified atom stereocenters. The van der Waals surface area contributed by atoms with Crippen LogP contribution >= 0.6 is 11.6 Å². The standard InChI is InChI=1S/C21H23ClFN3O2/c1-14(2)24-21(27)26(12-15-3-9-18(23)10-4-15)13-19-11-20(25-28-19)16-5-7-17(22)8-6-16/h3-10,14,19H,11-13H2,1-2H3,(H,24,27). The fourth-order valence-corrected chi connectivity index (χ4v) is 3.08. The first-order valence-corrected chi connectivity index (χ1v) is 9.57. The Morgan fingerprint density at radius 2 is 1.93 bits per heavy atom. The van der Waals surface area contributed by atoms with Crippen molar-refractivity contribution in [2.45, 2.75) is 39.0 Å². The molecule has 0 spiro atoms. The first-order chi connectivity index (χ1) is 13.4. The lowest BCUT2D eigenvalue weighted by molar-refractivity contribution is 0.0586. The molecule has 0 saturated carbocycles. The predicted molar refractivity (Wildman–Crippen MR) is 108 cm³/mol. The number of nitrogens with one attached hydrogen (secondary N) is 1. The van der Waals surface area contributed by atoms with Crippen molar-refractivity contribution in [3.63, 3.8) is 0 Å². The monoisotopic (exact) mass is 403 g/mol. The Morgan fingerprint density at radius 1 is 1.25 bits per heavy atom. The number of amides is 2. The van der Waals surface area contributed by atoms with Crippen molar-refractivity contribution in [2.75, 3.05) is 6.54 Å². The minimum atomic E-state index is -0.304. The second-order valence-electron chi connectivity index (χ2n) is 7.09. The van der Waals surface area contributed by atoms with E-state index in [1.54, 1.807) is 17.0 Å². The number of halogens is 2. The van der Waals surface area contributed by atoms with Crippen LogP contribution in [-0.2, 0) is 11.4 Å². The number of oxime groups is 1. The maximum atomic E-state index is 13.2. The number of carbonyl (C=O) groups excluding carboxylic acids is 1. The number of hydrogen-bond acceptors (Lipinski definition) is 3. The molecule has 1 atom stereocenters. The third kappa shape index (κ3) is 5.45. The minimum Gasteiger partial charge on any atom is -0.390 e. The Bertz CT molecular complexity index is 838. The summed E-state index contributed by atoms with van der Waals surface area (Å²) in [6.07, 6.45) is 0.347. The molecule has 0 bridgehead atoms. The predicted octanol–water partition coefficient (Wildman–Crippen LogP) is 4.59. The third-order valence-electron chi connectivity index (χ3n) is 4.32. The summed E-state index contributed by atoms with van der Waals surface area (Å²) in [6, 6.07) is 13.4. The molecule has 3 rings (SSSR count). The van der Waals surface area contributed by atoms with Crippen LogP contribution in [0.2, 0.25) is 5.02 Å². The summed E-state index contributed by atoms with van der Waals surface area (Å²) < 4.78 is 13.2. The zero-order chi connectivity index (χ0) is 20.1. The summed E-state index contributed by atoms with van der Waals surface area (Å²) in [6.45, 7) is 4.54. The lowest BCUT2D eigenvalue weighted by Crippen LogP contribution is -2.45. The molecule has 0 aromatic heterocycles. The van der Waals surface area contributed by atoms with Gasteiger partial charge < -0.3 is 15.1 Å². The van der Waals surface area contributed by atoms with Crippen molar-refractivity contribution >= 4 is 23.3 Å². The maximum absolute atomic E-state index is 13.2. The van der Waals surface area contributed by atoms with E-state index in [0.29, 0.717) is 24.5 Å². The zero-order valence-electron chi connectivity index (χ0n) is 15.9. The van der Waals surface area contributed by atoms with Gasteiger partial charge in [0.1, 0.15) is 5.82 Å². The van der Waals surface area contributed by atoms with Gasteiger partial charge in [-0.3, -0.25) is 0 Å². The van der Waals surface area contributed by atoms with Crippen LogP contribution in [-0.4, -0.2) is 35.3 Å². The fraction of sp³-hybridized carbons (Fsp3) is 0.333. The average molecular weight is 404 g/mol. The first kappa shape index (κ1) is 20.1. The van der Waals surface area contributed by atoms with Crippen molar-refractivity contribution < 1.29 is 14.0 Å². The van der Waals surface area contributed by atoms with Crippen LogP contribution in [0.5, 0.6) is 0 Å². The van der Waals surface area contributed by atoms with Crippen LogP contribution in [0, 0.1) is 5.82 Å². The summed E-state index contributed by atoms with van der Waals surface area (Å²) >= 11 is 5.93. The molecule has 148 valence electrons. The van der Waals surface area contributed by atoms with E-state index in [-0.39, 0.29) is 24.0 Å². The van der Waals surface area contributed by atoms with E-state index in [2.05, 4.69) is 10.5 Å². The minimum absolute atomic E-state index is 0.00796. The van der Waals surface area contributed by atoms with E-state index in [1.165, 1.54) is 12.1 Å². The van der Waals surface area contributed by atoms with Gasteiger partial charge in [-0.25, -0.2) is 9.18 Å². The molecule has 1 aliphatic heterocycles. The van der Waals surface area contributed by atoms with Gasteiger partial charge in [-0.05, 0) is 49.2 Å². The summed E-state index contributed by atoms with van der Waals surface area (Å²) in [4.78, 5) is 19.9. The van der Waals surface area contributed by atoms with Gasteiger partial charge in [0, 0.05) is 24.0 Å². The molecule has 0 fully saturated rings. The highest BCUT2D eigenvalue weighted by Gasteiger charge is 2.27. The summed E-state index contributed by atoms with van der Waals surface area (Å²) in [5.41, 5.74) is 2.62. The molecule has 0 radical (unpaired) electrons. The molecular weight excluding hydrogens is 381 g/mol. The first-order valence-electron chi connectivity index (χ1n) is 9.19. The molecule has 28 heavy (non-hydrogen) atoms. The number of nitrogens with zero attached hydrogens (tertiary/aromatic N) is 2. The Morgan fingerprint density at radius 3 is 2.57 bits per heavy atom. The number of rotatable bonds is 6. The van der Waals surface area contributed by atoms with E-state index in [0.717, 1.165) is 16.8 Å². The molecule has 1 heterocycles. The summed E-state index contributed by atoms with van der Waals surface area (Å²) in [5.74, 6) is -0.304. The Balaban J connectivity index is 1.66. The van der Waals surface area contributed by atoms with E-state index in [4.69, 9.17) is 16.4 Å². The number of benzene rings is 2. The normalized spacial score (nSPS) is 15.9. The van der Waals surface area contributed by atoms with Crippen LogP contribution in [0.3, 0.4) is 0 Å². The molecule has 7 heteroatoms. The van der Waals surface area contributed by atoms with Gasteiger partial charge in [-0.1, -0.05) is 41.0 Å². The van der Waals surface area contributed by atoms with Gasteiger partial charge in [-0.15, -0.1) is 0 Å². The lowest BCUT2D eigenvalue weighted by Gasteiger charge is -2.26. The van der Waals surface area contributed by atoms with E-state index in [9.17, 15) is 9.18 Å². The highest BCUT2D eigenvalue weighted by molar-refractivity contribution is 6.30. The van der Waals surface area contributed by atoms with Gasteiger partial charge in [0.15, 0.2) is 6.10 Å². The smallest absolute Gasteiger partial charge is 0.318 e. The van der Waals surface area contributed by atoms with Crippen molar-refractivity contribution in [1.82, 2.24) is 10.2 Å². The molecule has 0 saturated heterocycles. The van der Waals surface area contributed by atoms with Crippen molar-refractivity contribution in [3.8, 4) is 0 Å². The van der Waals surface area contributed by atoms with Crippen LogP contribution in [0.25, 0.3) is 0 Å². The second-order valence-corrected chi connectivity index (χ2v) is 7.52. The van der Waals surface area contributed by atoms with Crippen LogP contribution in [0.1, 0.15) is 31.4 Å². The Kier molecular flexibility index (Phi) is 6.52. The molecule has 5 nitrogen and oxygen atoms in total. The molecule has 2 amide bonds. The van der Waals surface area contributed by atoms with Crippen LogP contribution < -0.4 is 5.32 Å². The average Bonchev–Trinajstić information content (AvgIpc) is 3.11. The molecular formula is C21H23ClFN3O2. The fourth-order valence-electron chi connectivity index (χ4n) is 2.95. The molecule has 1 aliphatic rings. The molecule has 2 aromatic carbocycles. The van der Waals surface area contributed by atoms with Crippen molar-refractivity contribution in [2.24, 2.45) is 5.16 Å². The second kappa shape index (κ2) is 9.06. The number of carbonyl (C=O) groups is 1. The van der Waals surface area contributed by atoms with E-state index in [1.807, 2.05) is 38.1 Å². The maximum Gasteiger partial charge on any atom is 0.318 e. The van der Waals surface area contributed by atoms with Crippen molar-refractivity contribution in [3.05, 3.63) is 70.5 Å². The SMILES string of the molecule is CC(C)NC(=O)N(Cc1ccc(F)cc1)CC1CC(c2ccc(Cl)cc2)=NO1. The van der Waals surface area contributed by atoms with E-state index < -0.39 is 0 Å². The third-order valence-corrected chi connectivity index (χ3v) is 4.57. The quantitative estimate of drug-likeness (QED) is 0.766. The lowest BCUT2D eigenvalue weighted by atomic mass is 10.0.